The second-order valence-electron chi connectivity index (χ2n) is 10.1. The Bertz CT molecular complexity index is 926. The van der Waals surface area contributed by atoms with Crippen LogP contribution in [0, 0.1) is 5.92 Å². The zero-order valence-corrected chi connectivity index (χ0v) is 20.0. The Morgan fingerprint density at radius 2 is 1.76 bits per heavy atom. The van der Waals surface area contributed by atoms with Gasteiger partial charge in [-0.2, -0.15) is 5.10 Å². The molecule has 5 rings (SSSR count). The summed E-state index contributed by atoms with van der Waals surface area (Å²) in [5, 5.41) is 4.82. The molecule has 1 aliphatic carbocycles. The van der Waals surface area contributed by atoms with Crippen LogP contribution in [0.25, 0.3) is 11.3 Å². The van der Waals surface area contributed by atoms with Crippen molar-refractivity contribution in [3.05, 3.63) is 41.6 Å². The van der Waals surface area contributed by atoms with Gasteiger partial charge in [0, 0.05) is 50.6 Å². The second-order valence-corrected chi connectivity index (χ2v) is 10.1. The fourth-order valence-electron chi connectivity index (χ4n) is 5.93. The highest BCUT2D eigenvalue weighted by molar-refractivity contribution is 5.79. The zero-order valence-electron chi connectivity index (χ0n) is 20.0. The number of carbonyl (C=O) groups excluding carboxylic acids is 1. The highest BCUT2D eigenvalue weighted by Crippen LogP contribution is 2.34. The van der Waals surface area contributed by atoms with Gasteiger partial charge in [-0.3, -0.25) is 14.4 Å². The van der Waals surface area contributed by atoms with E-state index in [1.54, 1.807) is 0 Å². The Balaban J connectivity index is 1.26. The molecule has 2 saturated heterocycles. The molecule has 3 heterocycles. The first-order chi connectivity index (χ1) is 16.2. The molecule has 2 aliphatic heterocycles. The summed E-state index contributed by atoms with van der Waals surface area (Å²) in [6.45, 7) is 5.53. The van der Waals surface area contributed by atoms with Gasteiger partial charge in [0.25, 0.3) is 0 Å². The topological polar surface area (TPSA) is 50.6 Å². The number of nitrogens with zero attached hydrogens (tertiary/aromatic N) is 4. The Kier molecular flexibility index (Phi) is 7.12. The molecule has 3 fully saturated rings. The van der Waals surface area contributed by atoms with Gasteiger partial charge in [0.15, 0.2) is 0 Å². The first-order valence-electron chi connectivity index (χ1n) is 12.9. The molecular formula is C27H38N4O2. The van der Waals surface area contributed by atoms with Crippen LogP contribution in [0.15, 0.2) is 30.5 Å². The van der Waals surface area contributed by atoms with Gasteiger partial charge in [-0.1, -0.05) is 43.5 Å². The number of morpholine rings is 1. The van der Waals surface area contributed by atoms with Crippen molar-refractivity contribution >= 4 is 5.91 Å². The van der Waals surface area contributed by atoms with Crippen LogP contribution < -0.4 is 0 Å². The number of benzene rings is 1. The number of aromatic nitrogens is 2. The molecule has 1 aromatic heterocycles. The third kappa shape index (κ3) is 5.33. The lowest BCUT2D eigenvalue weighted by molar-refractivity contribution is -0.141. The Morgan fingerprint density at radius 3 is 2.52 bits per heavy atom. The summed E-state index contributed by atoms with van der Waals surface area (Å²) < 4.78 is 7.35. The predicted molar refractivity (Wildman–Crippen MR) is 130 cm³/mol. The molecule has 0 spiro atoms. The highest BCUT2D eigenvalue weighted by atomic mass is 16.5. The van der Waals surface area contributed by atoms with Gasteiger partial charge < -0.3 is 9.64 Å². The molecule has 0 radical (unpaired) electrons. The molecule has 0 N–H and O–H groups in total. The maximum atomic E-state index is 13.0. The Hall–Kier alpha value is -2.18. The van der Waals surface area contributed by atoms with E-state index in [0.29, 0.717) is 19.1 Å². The normalized spacial score (nSPS) is 23.1. The van der Waals surface area contributed by atoms with Crippen LogP contribution in [0.3, 0.4) is 0 Å². The lowest BCUT2D eigenvalue weighted by atomic mass is 9.84. The number of hydrogen-bond acceptors (Lipinski definition) is 4. The van der Waals surface area contributed by atoms with Crippen molar-refractivity contribution in [3.63, 3.8) is 0 Å². The molecule has 178 valence electrons. The number of hydrogen-bond donors (Lipinski definition) is 0. The van der Waals surface area contributed by atoms with Crippen LogP contribution in [0.1, 0.15) is 62.0 Å². The average molecular weight is 451 g/mol. The van der Waals surface area contributed by atoms with Crippen LogP contribution in [-0.4, -0.2) is 64.9 Å². The molecule has 6 heteroatoms. The summed E-state index contributed by atoms with van der Waals surface area (Å²) in [5.74, 6) is 1.14. The Morgan fingerprint density at radius 1 is 1.00 bits per heavy atom. The third-order valence-corrected chi connectivity index (χ3v) is 7.74. The first-order valence-corrected chi connectivity index (χ1v) is 12.9. The Labute approximate surface area is 197 Å². The van der Waals surface area contributed by atoms with Crippen molar-refractivity contribution in [3.8, 4) is 11.3 Å². The van der Waals surface area contributed by atoms with E-state index in [2.05, 4.69) is 35.4 Å². The molecule has 0 unspecified atom stereocenters. The number of aryl methyl sites for hydroxylation is 1. The van der Waals surface area contributed by atoms with Gasteiger partial charge in [0.2, 0.25) is 5.91 Å². The summed E-state index contributed by atoms with van der Waals surface area (Å²) in [6, 6.07) is 9.16. The summed E-state index contributed by atoms with van der Waals surface area (Å²) in [4.78, 5) is 17.5. The SMILES string of the molecule is Cn1cc(CN2CCC[C@H](C(=O)N3CCOCC3)C2)c(-c2ccc(C3CCCCC3)cc2)n1. The van der Waals surface area contributed by atoms with Crippen molar-refractivity contribution in [2.45, 2.75) is 57.4 Å². The lowest BCUT2D eigenvalue weighted by Gasteiger charge is -2.36. The van der Waals surface area contributed by atoms with E-state index in [-0.39, 0.29) is 5.92 Å². The molecule has 6 nitrogen and oxygen atoms in total. The summed E-state index contributed by atoms with van der Waals surface area (Å²) >= 11 is 0. The van der Waals surface area contributed by atoms with E-state index in [1.165, 1.54) is 48.8 Å². The monoisotopic (exact) mass is 450 g/mol. The van der Waals surface area contributed by atoms with Gasteiger partial charge in [0.05, 0.1) is 24.8 Å². The maximum absolute atomic E-state index is 13.0. The number of ether oxygens (including phenoxy) is 1. The van der Waals surface area contributed by atoms with Gasteiger partial charge in [-0.15, -0.1) is 0 Å². The lowest BCUT2D eigenvalue weighted by Crippen LogP contribution is -2.48. The third-order valence-electron chi connectivity index (χ3n) is 7.74. The minimum Gasteiger partial charge on any atom is -0.378 e. The molecule has 1 atom stereocenters. The largest absolute Gasteiger partial charge is 0.378 e. The molecule has 1 amide bonds. The van der Waals surface area contributed by atoms with E-state index in [4.69, 9.17) is 9.84 Å². The number of rotatable bonds is 5. The quantitative estimate of drug-likeness (QED) is 0.685. The van der Waals surface area contributed by atoms with Crippen LogP contribution in [-0.2, 0) is 23.1 Å². The van der Waals surface area contributed by atoms with E-state index in [1.807, 2.05) is 16.6 Å². The fraction of sp³-hybridized carbons (Fsp3) is 0.630. The van der Waals surface area contributed by atoms with Crippen LogP contribution in [0.4, 0.5) is 0 Å². The number of piperidine rings is 1. The summed E-state index contributed by atoms with van der Waals surface area (Å²) in [7, 11) is 2.00. The highest BCUT2D eigenvalue weighted by Gasteiger charge is 2.30. The number of amides is 1. The van der Waals surface area contributed by atoms with Gasteiger partial charge in [-0.05, 0) is 43.7 Å². The second kappa shape index (κ2) is 10.4. The van der Waals surface area contributed by atoms with Gasteiger partial charge >= 0.3 is 0 Å². The van der Waals surface area contributed by atoms with Crippen LogP contribution in [0.5, 0.6) is 0 Å². The van der Waals surface area contributed by atoms with E-state index >= 15 is 0 Å². The number of likely N-dealkylation sites (tertiary alicyclic amines) is 1. The minimum atomic E-state index is 0.103. The van der Waals surface area contributed by atoms with Crippen molar-refractivity contribution in [1.29, 1.82) is 0 Å². The average Bonchev–Trinajstić information content (AvgIpc) is 3.24. The summed E-state index contributed by atoms with van der Waals surface area (Å²) in [5.41, 5.74) is 5.01. The maximum Gasteiger partial charge on any atom is 0.227 e. The molecule has 0 bridgehead atoms. The van der Waals surface area contributed by atoms with Crippen LogP contribution >= 0.6 is 0 Å². The van der Waals surface area contributed by atoms with Gasteiger partial charge in [0.1, 0.15) is 0 Å². The standard InChI is InChI=1S/C27H38N4O2/c1-29-18-25(20-30-13-5-8-24(19-30)27(32)31-14-16-33-17-15-31)26(28-29)23-11-9-22(10-12-23)21-6-3-2-4-7-21/h9-12,18,21,24H,2-8,13-17,19-20H2,1H3/t24-/m0/s1. The molecule has 33 heavy (non-hydrogen) atoms. The molecule has 3 aliphatic rings. The molecular weight excluding hydrogens is 412 g/mol. The van der Waals surface area contributed by atoms with Crippen molar-refractivity contribution in [1.82, 2.24) is 19.6 Å². The fourth-order valence-corrected chi connectivity index (χ4v) is 5.93. The first kappa shape index (κ1) is 22.6. The van der Waals surface area contributed by atoms with Crippen molar-refractivity contribution < 1.29 is 9.53 Å². The van der Waals surface area contributed by atoms with Crippen LogP contribution in [0.2, 0.25) is 0 Å². The minimum absolute atomic E-state index is 0.103. The van der Waals surface area contributed by atoms with Crippen molar-refractivity contribution in [2.75, 3.05) is 39.4 Å². The smallest absolute Gasteiger partial charge is 0.227 e. The summed E-state index contributed by atoms with van der Waals surface area (Å²) in [6.07, 6.45) is 11.0. The molecule has 1 aromatic carbocycles. The number of carbonyl (C=O) groups is 1. The predicted octanol–water partition coefficient (Wildman–Crippen LogP) is 4.21. The van der Waals surface area contributed by atoms with Crippen molar-refractivity contribution in [2.24, 2.45) is 13.0 Å². The zero-order chi connectivity index (χ0) is 22.6. The molecule has 1 saturated carbocycles. The van der Waals surface area contributed by atoms with E-state index in [9.17, 15) is 4.79 Å². The van der Waals surface area contributed by atoms with E-state index < -0.39 is 0 Å². The molecule has 2 aromatic rings. The van der Waals surface area contributed by atoms with E-state index in [0.717, 1.165) is 57.2 Å². The van der Waals surface area contributed by atoms with Gasteiger partial charge in [-0.25, -0.2) is 0 Å².